The van der Waals surface area contributed by atoms with Gasteiger partial charge >= 0.3 is 7.60 Å². The smallest absolute Gasteiger partial charge is 0.365 e. The maximum Gasteiger partial charge on any atom is 0.365 e. The summed E-state index contributed by atoms with van der Waals surface area (Å²) in [7, 11) is -1.05. The number of hydrogen-bond acceptors (Lipinski definition) is 4. The van der Waals surface area contributed by atoms with Crippen molar-refractivity contribution < 1.29 is 18.7 Å². The van der Waals surface area contributed by atoms with Gasteiger partial charge in [-0.1, -0.05) is 29.8 Å². The van der Waals surface area contributed by atoms with Crippen LogP contribution in [0.1, 0.15) is 18.1 Å². The van der Waals surface area contributed by atoms with Gasteiger partial charge < -0.3 is 14.2 Å². The molecule has 0 heterocycles. The Bertz CT molecular complexity index is 389. The van der Waals surface area contributed by atoms with E-state index in [9.17, 15) is 9.67 Å². The van der Waals surface area contributed by atoms with Crippen molar-refractivity contribution in [3.8, 4) is 0 Å². The van der Waals surface area contributed by atoms with Crippen LogP contribution < -0.4 is 0 Å². The molecule has 1 rings (SSSR count). The van der Waals surface area contributed by atoms with Gasteiger partial charge in [-0.25, -0.2) is 0 Å². The zero-order valence-electron chi connectivity index (χ0n) is 9.93. The maximum absolute atomic E-state index is 12.2. The van der Waals surface area contributed by atoms with E-state index in [-0.39, 0.29) is 0 Å². The number of aliphatic hydroxyl groups is 1. The van der Waals surface area contributed by atoms with Crippen LogP contribution in [-0.4, -0.2) is 19.3 Å². The fourth-order valence-corrected chi connectivity index (χ4v) is 2.78. The first-order valence-corrected chi connectivity index (χ1v) is 6.43. The third kappa shape index (κ3) is 2.20. The van der Waals surface area contributed by atoms with Crippen LogP contribution >= 0.6 is 7.60 Å². The van der Waals surface area contributed by atoms with Crippen molar-refractivity contribution in [2.75, 3.05) is 14.2 Å². The van der Waals surface area contributed by atoms with Crippen molar-refractivity contribution in [1.29, 1.82) is 0 Å². The number of hydrogen-bond donors (Lipinski definition) is 1. The lowest BCUT2D eigenvalue weighted by Gasteiger charge is -2.30. The molecule has 90 valence electrons. The van der Waals surface area contributed by atoms with Crippen molar-refractivity contribution in [1.82, 2.24) is 0 Å². The molecule has 0 aliphatic carbocycles. The first-order chi connectivity index (χ1) is 7.37. The van der Waals surface area contributed by atoms with Gasteiger partial charge in [0.2, 0.25) is 0 Å². The summed E-state index contributed by atoms with van der Waals surface area (Å²) >= 11 is 0. The van der Waals surface area contributed by atoms with Gasteiger partial charge in [-0.2, -0.15) is 0 Å². The van der Waals surface area contributed by atoms with E-state index >= 15 is 0 Å². The standard InChI is InChI=1S/C11H17O4P/c1-9-5-7-10(8-6-9)11(2,12)16(13,14-3)15-4/h5-8,12H,1-4H3/t11-/m1/s1. The van der Waals surface area contributed by atoms with Crippen LogP contribution in [0.25, 0.3) is 0 Å². The van der Waals surface area contributed by atoms with Crippen molar-refractivity contribution in [3.63, 3.8) is 0 Å². The Hall–Kier alpha value is -0.670. The first kappa shape index (κ1) is 13.4. The van der Waals surface area contributed by atoms with Crippen molar-refractivity contribution in [2.24, 2.45) is 0 Å². The van der Waals surface area contributed by atoms with E-state index in [1.807, 2.05) is 19.1 Å². The Morgan fingerprint density at radius 1 is 1.19 bits per heavy atom. The summed E-state index contributed by atoms with van der Waals surface area (Å²) in [6.45, 7) is 3.36. The quantitative estimate of drug-likeness (QED) is 0.827. The average Bonchev–Trinajstić information content (AvgIpc) is 2.28. The van der Waals surface area contributed by atoms with Crippen molar-refractivity contribution in [3.05, 3.63) is 35.4 Å². The molecule has 0 bridgehead atoms. The highest BCUT2D eigenvalue weighted by Gasteiger charge is 2.46. The Morgan fingerprint density at radius 2 is 1.62 bits per heavy atom. The fourth-order valence-electron chi connectivity index (χ4n) is 1.46. The predicted octanol–water partition coefficient (Wildman–Crippen LogP) is 2.65. The molecule has 0 spiro atoms. The zero-order valence-corrected chi connectivity index (χ0v) is 10.8. The van der Waals surface area contributed by atoms with E-state index in [0.29, 0.717) is 5.56 Å². The van der Waals surface area contributed by atoms with Crippen molar-refractivity contribution >= 4 is 7.60 Å². The molecule has 4 nitrogen and oxygen atoms in total. The molecule has 1 aromatic carbocycles. The number of aryl methyl sites for hydroxylation is 1. The highest BCUT2D eigenvalue weighted by Crippen LogP contribution is 2.62. The lowest BCUT2D eigenvalue weighted by Crippen LogP contribution is -2.23. The van der Waals surface area contributed by atoms with E-state index in [1.165, 1.54) is 21.1 Å². The van der Waals surface area contributed by atoms with Gasteiger partial charge in [0.05, 0.1) is 0 Å². The van der Waals surface area contributed by atoms with Gasteiger partial charge in [0, 0.05) is 14.2 Å². The van der Waals surface area contributed by atoms with Gasteiger partial charge in [-0.15, -0.1) is 0 Å². The van der Waals surface area contributed by atoms with Crippen LogP contribution in [0, 0.1) is 6.92 Å². The summed E-state index contributed by atoms with van der Waals surface area (Å²) in [6, 6.07) is 7.08. The van der Waals surface area contributed by atoms with Crippen LogP contribution in [0.4, 0.5) is 0 Å². The molecule has 0 amide bonds. The van der Waals surface area contributed by atoms with Gasteiger partial charge in [0.15, 0.2) is 5.34 Å². The second-order valence-corrected chi connectivity index (χ2v) is 6.35. The van der Waals surface area contributed by atoms with E-state index in [2.05, 4.69) is 0 Å². The third-order valence-corrected chi connectivity index (χ3v) is 4.90. The summed E-state index contributed by atoms with van der Waals surface area (Å²) in [6.07, 6.45) is 0. The Kier molecular flexibility index (Phi) is 3.92. The Labute approximate surface area is 95.7 Å². The predicted molar refractivity (Wildman–Crippen MR) is 62.4 cm³/mol. The molecule has 0 saturated carbocycles. The van der Waals surface area contributed by atoms with Crippen LogP contribution in [-0.2, 0) is 19.0 Å². The van der Waals surface area contributed by atoms with E-state index in [4.69, 9.17) is 9.05 Å². The minimum atomic E-state index is -3.57. The SMILES string of the molecule is COP(=O)(OC)[C@@](C)(O)c1ccc(C)cc1. The number of benzene rings is 1. The molecule has 0 fully saturated rings. The summed E-state index contributed by atoms with van der Waals surface area (Å²) in [4.78, 5) is 0. The first-order valence-electron chi connectivity index (χ1n) is 4.88. The molecule has 0 saturated heterocycles. The Morgan fingerprint density at radius 3 is 2.00 bits per heavy atom. The normalized spacial score (nSPS) is 15.8. The third-order valence-electron chi connectivity index (χ3n) is 2.61. The molecule has 0 aliphatic rings. The minimum absolute atomic E-state index is 0.505. The molecular formula is C11H17O4P. The van der Waals surface area contributed by atoms with Crippen LogP contribution in [0.15, 0.2) is 24.3 Å². The van der Waals surface area contributed by atoms with Gasteiger partial charge in [-0.05, 0) is 19.4 Å². The highest BCUT2D eigenvalue weighted by atomic mass is 31.2. The molecule has 1 N–H and O–H groups in total. The number of rotatable bonds is 4. The van der Waals surface area contributed by atoms with Crippen LogP contribution in [0.5, 0.6) is 0 Å². The molecule has 0 aromatic heterocycles. The monoisotopic (exact) mass is 244 g/mol. The van der Waals surface area contributed by atoms with Gasteiger partial charge in [-0.3, -0.25) is 4.57 Å². The molecule has 1 atom stereocenters. The maximum atomic E-state index is 12.2. The van der Waals surface area contributed by atoms with Crippen LogP contribution in [0.3, 0.4) is 0 Å². The van der Waals surface area contributed by atoms with Gasteiger partial charge in [0.1, 0.15) is 0 Å². The lowest BCUT2D eigenvalue weighted by molar-refractivity contribution is 0.0932. The summed E-state index contributed by atoms with van der Waals surface area (Å²) < 4.78 is 21.8. The topological polar surface area (TPSA) is 55.8 Å². The zero-order chi connectivity index (χ0) is 12.4. The largest absolute Gasteiger partial charge is 0.373 e. The second kappa shape index (κ2) is 4.68. The Balaban J connectivity index is 3.19. The molecule has 1 aromatic rings. The summed E-state index contributed by atoms with van der Waals surface area (Å²) in [5, 5.41) is 8.63. The fraction of sp³-hybridized carbons (Fsp3) is 0.455. The van der Waals surface area contributed by atoms with E-state index in [0.717, 1.165) is 5.56 Å². The van der Waals surface area contributed by atoms with Crippen LogP contribution in [0.2, 0.25) is 0 Å². The molecule has 0 radical (unpaired) electrons. The summed E-state index contributed by atoms with van der Waals surface area (Å²) in [5.74, 6) is 0. The van der Waals surface area contributed by atoms with Gasteiger partial charge in [0.25, 0.3) is 0 Å². The van der Waals surface area contributed by atoms with E-state index < -0.39 is 12.9 Å². The molecular weight excluding hydrogens is 227 g/mol. The minimum Gasteiger partial charge on any atom is -0.373 e. The molecule has 0 aliphatic heterocycles. The lowest BCUT2D eigenvalue weighted by atomic mass is 10.1. The molecule has 16 heavy (non-hydrogen) atoms. The summed E-state index contributed by atoms with van der Waals surface area (Å²) in [5.41, 5.74) is 1.56. The van der Waals surface area contributed by atoms with E-state index in [1.54, 1.807) is 12.1 Å². The molecule has 5 heteroatoms. The highest BCUT2D eigenvalue weighted by molar-refractivity contribution is 7.54. The van der Waals surface area contributed by atoms with Crippen molar-refractivity contribution in [2.45, 2.75) is 19.2 Å². The molecule has 0 unspecified atom stereocenters. The average molecular weight is 244 g/mol. The second-order valence-electron chi connectivity index (χ2n) is 3.75.